The highest BCUT2D eigenvalue weighted by molar-refractivity contribution is 6.06. The Morgan fingerprint density at radius 2 is 2.13 bits per heavy atom. The van der Waals surface area contributed by atoms with Crippen LogP contribution in [0.4, 0.5) is 0 Å². The maximum Gasteiger partial charge on any atom is 0.252 e. The normalized spacial score (nSPS) is 10.1. The number of carbonyl (C=O) groups is 3. The maximum absolute atomic E-state index is 12.1. The van der Waals surface area contributed by atoms with E-state index >= 15 is 0 Å². The Bertz CT molecular complexity index is 703. The van der Waals surface area contributed by atoms with Crippen LogP contribution in [0.15, 0.2) is 30.5 Å². The summed E-state index contributed by atoms with van der Waals surface area (Å²) in [4.78, 5) is 36.8. The maximum atomic E-state index is 12.1. The summed E-state index contributed by atoms with van der Waals surface area (Å²) >= 11 is 0. The molecule has 0 aliphatic heterocycles. The number of aldehydes is 1. The summed E-state index contributed by atoms with van der Waals surface area (Å²) in [7, 11) is 0. The predicted molar refractivity (Wildman–Crippen MR) is 84.3 cm³/mol. The smallest absolute Gasteiger partial charge is 0.252 e. The van der Waals surface area contributed by atoms with E-state index in [1.54, 1.807) is 30.5 Å². The summed E-state index contributed by atoms with van der Waals surface area (Å²) in [6.45, 7) is 0.944. The molecule has 0 unspecified atom stereocenters. The molecule has 0 fully saturated rings. The highest BCUT2D eigenvalue weighted by atomic mass is 16.5. The van der Waals surface area contributed by atoms with E-state index in [1.807, 2.05) is 0 Å². The number of hydrogen-bond donors (Lipinski definition) is 2. The number of nitrogens with zero attached hydrogens (tertiary/aromatic N) is 1. The van der Waals surface area contributed by atoms with Gasteiger partial charge in [-0.1, -0.05) is 0 Å². The Hall–Kier alpha value is -2.96. The molecule has 0 radical (unpaired) electrons. The lowest BCUT2D eigenvalue weighted by molar-refractivity contribution is -0.109. The molecule has 2 aromatic rings. The Labute approximate surface area is 133 Å². The molecule has 0 atom stereocenters. The van der Waals surface area contributed by atoms with Crippen LogP contribution in [0.3, 0.4) is 0 Å². The van der Waals surface area contributed by atoms with Gasteiger partial charge in [-0.15, -0.1) is 0 Å². The molecule has 1 aromatic carbocycles. The van der Waals surface area contributed by atoms with Gasteiger partial charge < -0.3 is 20.2 Å². The molecule has 2 N–H and O–H groups in total. The van der Waals surface area contributed by atoms with Crippen molar-refractivity contribution in [1.82, 2.24) is 15.6 Å². The van der Waals surface area contributed by atoms with Gasteiger partial charge in [0, 0.05) is 18.1 Å². The Morgan fingerprint density at radius 3 is 2.91 bits per heavy atom. The number of benzene rings is 1. The lowest BCUT2D eigenvalue weighted by Crippen LogP contribution is -2.25. The number of pyridine rings is 1. The third kappa shape index (κ3) is 4.50. The van der Waals surface area contributed by atoms with E-state index in [1.165, 1.54) is 0 Å². The third-order valence-electron chi connectivity index (χ3n) is 3.12. The zero-order chi connectivity index (χ0) is 16.5. The molecule has 1 heterocycles. The second-order valence-corrected chi connectivity index (χ2v) is 4.69. The largest absolute Gasteiger partial charge is 0.494 e. The molecule has 1 aromatic heterocycles. The molecule has 0 bridgehead atoms. The van der Waals surface area contributed by atoms with Crippen molar-refractivity contribution in [3.63, 3.8) is 0 Å². The zero-order valence-electron chi connectivity index (χ0n) is 12.5. The third-order valence-corrected chi connectivity index (χ3v) is 3.12. The fraction of sp³-hybridized carbons (Fsp3) is 0.250. The second kappa shape index (κ2) is 8.47. The van der Waals surface area contributed by atoms with Gasteiger partial charge >= 0.3 is 0 Å². The van der Waals surface area contributed by atoms with Crippen molar-refractivity contribution in [3.05, 3.63) is 36.0 Å². The van der Waals surface area contributed by atoms with Gasteiger partial charge in [-0.2, -0.15) is 0 Å². The molecule has 23 heavy (non-hydrogen) atoms. The van der Waals surface area contributed by atoms with Crippen molar-refractivity contribution < 1.29 is 19.1 Å². The lowest BCUT2D eigenvalue weighted by atomic mass is 10.1. The van der Waals surface area contributed by atoms with Crippen LogP contribution in [0.2, 0.25) is 0 Å². The van der Waals surface area contributed by atoms with Crippen LogP contribution in [0, 0.1) is 0 Å². The number of aromatic nitrogens is 1. The van der Waals surface area contributed by atoms with E-state index in [4.69, 9.17) is 4.74 Å². The van der Waals surface area contributed by atoms with Gasteiger partial charge in [0.15, 0.2) is 0 Å². The first-order chi connectivity index (χ1) is 11.3. The fourth-order valence-corrected chi connectivity index (χ4v) is 2.07. The van der Waals surface area contributed by atoms with Crippen molar-refractivity contribution in [1.29, 1.82) is 0 Å². The molecule has 2 rings (SSSR count). The number of ether oxygens (including phenoxy) is 1. The summed E-state index contributed by atoms with van der Waals surface area (Å²) in [6, 6.07) is 6.88. The standard InChI is InChI=1S/C16H17N3O4/c20-8-7-19-16(22)13-4-6-18-15-3-2-12(10-14(13)15)23-9-1-5-17-11-21/h2-4,6,8,10-11H,1,5,7,9H2,(H,17,21)(H,19,22). The highest BCUT2D eigenvalue weighted by Gasteiger charge is 2.11. The summed E-state index contributed by atoms with van der Waals surface area (Å²) in [6.07, 6.45) is 3.50. The number of fused-ring (bicyclic) bond motifs is 1. The van der Waals surface area contributed by atoms with Gasteiger partial charge in [-0.3, -0.25) is 14.6 Å². The van der Waals surface area contributed by atoms with Crippen LogP contribution >= 0.6 is 0 Å². The van der Waals surface area contributed by atoms with Crippen molar-refractivity contribution in [2.24, 2.45) is 0 Å². The molecular weight excluding hydrogens is 298 g/mol. The highest BCUT2D eigenvalue weighted by Crippen LogP contribution is 2.22. The van der Waals surface area contributed by atoms with Crippen molar-refractivity contribution >= 4 is 29.5 Å². The molecule has 0 spiro atoms. The van der Waals surface area contributed by atoms with E-state index in [0.717, 1.165) is 0 Å². The van der Waals surface area contributed by atoms with Gasteiger partial charge in [0.2, 0.25) is 6.41 Å². The van der Waals surface area contributed by atoms with Crippen LogP contribution in [0.25, 0.3) is 10.9 Å². The molecular formula is C16H17N3O4. The molecule has 120 valence electrons. The minimum atomic E-state index is -0.336. The first kappa shape index (κ1) is 16.4. The van der Waals surface area contributed by atoms with E-state index < -0.39 is 0 Å². The molecule has 0 saturated heterocycles. The lowest BCUT2D eigenvalue weighted by Gasteiger charge is -2.09. The number of carbonyl (C=O) groups excluding carboxylic acids is 3. The number of hydrogen-bond acceptors (Lipinski definition) is 5. The van der Waals surface area contributed by atoms with E-state index in [2.05, 4.69) is 15.6 Å². The summed E-state index contributed by atoms with van der Waals surface area (Å²) in [5.41, 5.74) is 1.10. The van der Waals surface area contributed by atoms with Crippen LogP contribution < -0.4 is 15.4 Å². The molecule has 7 heteroatoms. The van der Waals surface area contributed by atoms with Gasteiger partial charge in [-0.05, 0) is 30.7 Å². The zero-order valence-corrected chi connectivity index (χ0v) is 12.5. The Morgan fingerprint density at radius 1 is 1.26 bits per heavy atom. The van der Waals surface area contributed by atoms with Gasteiger partial charge in [-0.25, -0.2) is 0 Å². The summed E-state index contributed by atoms with van der Waals surface area (Å²) in [5.74, 6) is 0.276. The number of nitrogens with one attached hydrogen (secondary N) is 2. The molecule has 0 aliphatic rings. The van der Waals surface area contributed by atoms with Crippen molar-refractivity contribution in [2.45, 2.75) is 6.42 Å². The van der Waals surface area contributed by atoms with Crippen LogP contribution in [0.1, 0.15) is 16.8 Å². The van der Waals surface area contributed by atoms with Crippen LogP contribution in [-0.2, 0) is 9.59 Å². The molecule has 2 amide bonds. The quantitative estimate of drug-likeness (QED) is 0.524. The van der Waals surface area contributed by atoms with Gasteiger partial charge in [0.1, 0.15) is 12.0 Å². The van der Waals surface area contributed by atoms with Crippen molar-refractivity contribution in [3.8, 4) is 5.75 Å². The first-order valence-electron chi connectivity index (χ1n) is 7.16. The minimum Gasteiger partial charge on any atom is -0.494 e. The molecule has 0 aliphatic carbocycles. The predicted octanol–water partition coefficient (Wildman–Crippen LogP) is 0.678. The fourth-order valence-electron chi connectivity index (χ4n) is 2.07. The average molecular weight is 315 g/mol. The topological polar surface area (TPSA) is 97.4 Å². The van der Waals surface area contributed by atoms with Crippen LogP contribution in [0.5, 0.6) is 5.75 Å². The van der Waals surface area contributed by atoms with Gasteiger partial charge in [0.05, 0.1) is 24.2 Å². The van der Waals surface area contributed by atoms with Crippen LogP contribution in [-0.4, -0.2) is 43.3 Å². The molecule has 0 saturated carbocycles. The number of amides is 2. The Balaban J connectivity index is 2.14. The number of rotatable bonds is 9. The van der Waals surface area contributed by atoms with E-state index in [0.29, 0.717) is 54.5 Å². The Kier molecular flexibility index (Phi) is 6.05. The average Bonchev–Trinajstić information content (AvgIpc) is 2.58. The van der Waals surface area contributed by atoms with E-state index in [-0.39, 0.29) is 12.5 Å². The summed E-state index contributed by atoms with van der Waals surface area (Å²) < 4.78 is 5.60. The SMILES string of the molecule is O=CCNC(=O)c1ccnc2ccc(OCCCNC=O)cc12. The minimum absolute atomic E-state index is 0.0391. The second-order valence-electron chi connectivity index (χ2n) is 4.69. The first-order valence-corrected chi connectivity index (χ1v) is 7.16. The van der Waals surface area contributed by atoms with E-state index in [9.17, 15) is 14.4 Å². The monoisotopic (exact) mass is 315 g/mol. The van der Waals surface area contributed by atoms with Gasteiger partial charge in [0.25, 0.3) is 5.91 Å². The van der Waals surface area contributed by atoms with Crippen molar-refractivity contribution in [2.75, 3.05) is 19.7 Å². The summed E-state index contributed by atoms with van der Waals surface area (Å²) in [5, 5.41) is 5.72. The molecule has 7 nitrogen and oxygen atoms in total.